The maximum absolute atomic E-state index is 12.1. The molecule has 1 aliphatic rings. The van der Waals surface area contributed by atoms with Crippen molar-refractivity contribution in [3.63, 3.8) is 0 Å². The molecule has 0 unspecified atom stereocenters. The first kappa shape index (κ1) is 18.5. The topological polar surface area (TPSA) is 68.0 Å². The van der Waals surface area contributed by atoms with Crippen LogP contribution in [0.4, 0.5) is 5.13 Å². The molecule has 1 aromatic carbocycles. The van der Waals surface area contributed by atoms with Crippen molar-refractivity contribution < 1.29 is 4.79 Å². The molecule has 1 heterocycles. The molecule has 3 rings (SSSR count). The predicted octanol–water partition coefficient (Wildman–Crippen LogP) is 3.87. The summed E-state index contributed by atoms with van der Waals surface area (Å²) in [6.07, 6.45) is 2.92. The Morgan fingerprint density at radius 1 is 1.39 bits per heavy atom. The molecule has 124 valence electrons. The predicted molar refractivity (Wildman–Crippen MR) is 98.2 cm³/mol. The molecule has 1 atom stereocenters. The fourth-order valence-corrected chi connectivity index (χ4v) is 3.89. The first-order valence-corrected chi connectivity index (χ1v) is 8.56. The SMILES string of the molecule is Cl.N[C@H]1CCc2nc(NC(=O)Cc3ccc(Cl)c(Cl)c3)sc2C1. The Balaban J connectivity index is 0.00000192. The molecule has 0 spiro atoms. The van der Waals surface area contributed by atoms with Gasteiger partial charge < -0.3 is 11.1 Å². The van der Waals surface area contributed by atoms with Gasteiger partial charge in [-0.25, -0.2) is 4.98 Å². The summed E-state index contributed by atoms with van der Waals surface area (Å²) in [5.41, 5.74) is 7.84. The molecule has 23 heavy (non-hydrogen) atoms. The van der Waals surface area contributed by atoms with Gasteiger partial charge in [0.2, 0.25) is 5.91 Å². The molecular formula is C15H16Cl3N3OS. The normalized spacial score (nSPS) is 16.4. The van der Waals surface area contributed by atoms with Gasteiger partial charge in [0.05, 0.1) is 22.2 Å². The van der Waals surface area contributed by atoms with Gasteiger partial charge in [-0.15, -0.1) is 23.7 Å². The van der Waals surface area contributed by atoms with Crippen LogP contribution >= 0.6 is 46.9 Å². The van der Waals surface area contributed by atoms with Crippen LogP contribution in [0.1, 0.15) is 22.6 Å². The lowest BCUT2D eigenvalue weighted by Gasteiger charge is -2.15. The first-order valence-electron chi connectivity index (χ1n) is 6.99. The van der Waals surface area contributed by atoms with E-state index in [1.165, 1.54) is 16.2 Å². The summed E-state index contributed by atoms with van der Waals surface area (Å²) in [5, 5.41) is 4.42. The molecule has 0 saturated heterocycles. The zero-order valence-electron chi connectivity index (χ0n) is 12.1. The highest BCUT2D eigenvalue weighted by atomic mass is 35.5. The summed E-state index contributed by atoms with van der Waals surface area (Å²) >= 11 is 13.3. The maximum Gasteiger partial charge on any atom is 0.230 e. The lowest BCUT2D eigenvalue weighted by Crippen LogP contribution is -2.27. The molecule has 2 aromatic rings. The van der Waals surface area contributed by atoms with Crippen molar-refractivity contribution in [3.8, 4) is 0 Å². The zero-order valence-corrected chi connectivity index (χ0v) is 15.3. The second kappa shape index (κ2) is 7.81. The number of carbonyl (C=O) groups excluding carboxylic acids is 1. The number of nitrogens with one attached hydrogen (secondary N) is 1. The molecule has 0 fully saturated rings. The average Bonchev–Trinajstić information content (AvgIpc) is 2.84. The van der Waals surface area contributed by atoms with Gasteiger partial charge in [0.25, 0.3) is 0 Å². The van der Waals surface area contributed by atoms with Crippen LogP contribution in [-0.2, 0) is 24.1 Å². The number of carbonyl (C=O) groups is 1. The van der Waals surface area contributed by atoms with E-state index in [0.717, 1.165) is 30.5 Å². The number of rotatable bonds is 3. The second-order valence-electron chi connectivity index (χ2n) is 5.37. The monoisotopic (exact) mass is 391 g/mol. The van der Waals surface area contributed by atoms with Gasteiger partial charge in [-0.05, 0) is 37.0 Å². The smallest absolute Gasteiger partial charge is 0.230 e. The van der Waals surface area contributed by atoms with Gasteiger partial charge in [0.15, 0.2) is 5.13 Å². The van der Waals surface area contributed by atoms with E-state index >= 15 is 0 Å². The molecule has 3 N–H and O–H groups in total. The molecular weight excluding hydrogens is 377 g/mol. The number of nitrogens with two attached hydrogens (primary N) is 1. The summed E-state index contributed by atoms with van der Waals surface area (Å²) in [5.74, 6) is -0.117. The lowest BCUT2D eigenvalue weighted by atomic mass is 9.99. The van der Waals surface area contributed by atoms with Crippen LogP contribution in [0, 0.1) is 0 Å². The third-order valence-corrected chi connectivity index (χ3v) is 5.35. The zero-order chi connectivity index (χ0) is 15.7. The number of nitrogens with zero attached hydrogens (tertiary/aromatic N) is 1. The molecule has 0 saturated carbocycles. The summed E-state index contributed by atoms with van der Waals surface area (Å²) in [7, 11) is 0. The minimum atomic E-state index is -0.117. The van der Waals surface area contributed by atoms with Gasteiger partial charge in [0, 0.05) is 10.9 Å². The van der Waals surface area contributed by atoms with Crippen molar-refractivity contribution in [1.82, 2.24) is 4.98 Å². The number of hydrogen-bond acceptors (Lipinski definition) is 4. The number of amides is 1. The first-order chi connectivity index (χ1) is 10.5. The van der Waals surface area contributed by atoms with Gasteiger partial charge in [-0.2, -0.15) is 0 Å². The number of fused-ring (bicyclic) bond motifs is 1. The molecule has 4 nitrogen and oxygen atoms in total. The standard InChI is InChI=1S/C15H15Cl2N3OS.ClH/c16-10-3-1-8(5-11(10)17)6-14(21)20-15-19-12-4-2-9(18)7-13(12)22-15;/h1,3,5,9H,2,4,6-7,18H2,(H,19,20,21);1H/t9-;/m0./s1. The highest BCUT2D eigenvalue weighted by Gasteiger charge is 2.20. The van der Waals surface area contributed by atoms with Gasteiger partial charge >= 0.3 is 0 Å². The van der Waals surface area contributed by atoms with E-state index in [-0.39, 0.29) is 30.8 Å². The van der Waals surface area contributed by atoms with Crippen molar-refractivity contribution in [3.05, 3.63) is 44.4 Å². The second-order valence-corrected chi connectivity index (χ2v) is 7.26. The number of thiazole rings is 1. The number of aryl methyl sites for hydroxylation is 1. The fourth-order valence-electron chi connectivity index (χ4n) is 2.45. The minimum Gasteiger partial charge on any atom is -0.327 e. The van der Waals surface area contributed by atoms with E-state index in [1.54, 1.807) is 18.2 Å². The van der Waals surface area contributed by atoms with E-state index in [4.69, 9.17) is 28.9 Å². The number of halogens is 3. The summed E-state index contributed by atoms with van der Waals surface area (Å²) < 4.78 is 0. The van der Waals surface area contributed by atoms with Crippen molar-refractivity contribution in [2.24, 2.45) is 5.73 Å². The van der Waals surface area contributed by atoms with E-state index in [2.05, 4.69) is 10.3 Å². The minimum absolute atomic E-state index is 0. The van der Waals surface area contributed by atoms with Gasteiger partial charge in [-0.3, -0.25) is 4.79 Å². The van der Waals surface area contributed by atoms with Crippen molar-refractivity contribution in [2.75, 3.05) is 5.32 Å². The van der Waals surface area contributed by atoms with Crippen LogP contribution in [0.2, 0.25) is 10.0 Å². The number of aromatic nitrogens is 1. The molecule has 0 aliphatic heterocycles. The third-order valence-electron chi connectivity index (χ3n) is 3.57. The quantitative estimate of drug-likeness (QED) is 0.833. The summed E-state index contributed by atoms with van der Waals surface area (Å²) in [4.78, 5) is 17.8. The Labute approximate surface area is 154 Å². The van der Waals surface area contributed by atoms with Crippen molar-refractivity contribution in [1.29, 1.82) is 0 Å². The molecule has 8 heteroatoms. The Kier molecular flexibility index (Phi) is 6.28. The summed E-state index contributed by atoms with van der Waals surface area (Å²) in [6.45, 7) is 0. The molecule has 0 bridgehead atoms. The van der Waals surface area contributed by atoms with Crippen molar-refractivity contribution in [2.45, 2.75) is 31.7 Å². The Morgan fingerprint density at radius 2 is 2.17 bits per heavy atom. The van der Waals surface area contributed by atoms with E-state index in [0.29, 0.717) is 15.2 Å². The Hall–Kier alpha value is -0.850. The molecule has 1 amide bonds. The van der Waals surface area contributed by atoms with Crippen LogP contribution in [0.25, 0.3) is 0 Å². The number of hydrogen-bond donors (Lipinski definition) is 2. The maximum atomic E-state index is 12.1. The van der Waals surface area contributed by atoms with E-state index < -0.39 is 0 Å². The third kappa shape index (κ3) is 4.58. The van der Waals surface area contributed by atoms with Crippen LogP contribution in [0.3, 0.4) is 0 Å². The number of benzene rings is 1. The van der Waals surface area contributed by atoms with Gasteiger partial charge in [0.1, 0.15) is 0 Å². The Morgan fingerprint density at radius 3 is 2.91 bits per heavy atom. The van der Waals surface area contributed by atoms with Gasteiger partial charge in [-0.1, -0.05) is 29.3 Å². The largest absolute Gasteiger partial charge is 0.327 e. The Bertz CT molecular complexity index is 720. The summed E-state index contributed by atoms with van der Waals surface area (Å²) in [6, 6.07) is 5.39. The molecule has 1 aliphatic carbocycles. The number of anilines is 1. The highest BCUT2D eigenvalue weighted by Crippen LogP contribution is 2.29. The fraction of sp³-hybridized carbons (Fsp3) is 0.333. The molecule has 1 aromatic heterocycles. The van der Waals surface area contributed by atoms with E-state index in [9.17, 15) is 4.79 Å². The molecule has 0 radical (unpaired) electrons. The highest BCUT2D eigenvalue weighted by molar-refractivity contribution is 7.15. The average molecular weight is 393 g/mol. The van der Waals surface area contributed by atoms with Crippen LogP contribution in [0.15, 0.2) is 18.2 Å². The van der Waals surface area contributed by atoms with Crippen LogP contribution in [0.5, 0.6) is 0 Å². The van der Waals surface area contributed by atoms with Crippen LogP contribution in [-0.4, -0.2) is 16.9 Å². The van der Waals surface area contributed by atoms with E-state index in [1.807, 2.05) is 0 Å². The van der Waals surface area contributed by atoms with Crippen molar-refractivity contribution >= 4 is 58.0 Å². The van der Waals surface area contributed by atoms with Crippen LogP contribution < -0.4 is 11.1 Å². The lowest BCUT2D eigenvalue weighted by molar-refractivity contribution is -0.115.